The van der Waals surface area contributed by atoms with Gasteiger partial charge in [-0.05, 0) is 27.0 Å². The van der Waals surface area contributed by atoms with Gasteiger partial charge in [0.25, 0.3) is 0 Å². The van der Waals surface area contributed by atoms with Crippen molar-refractivity contribution in [2.24, 2.45) is 0 Å². The first kappa shape index (κ1) is 11.0. The molecule has 0 atom stereocenters. The van der Waals surface area contributed by atoms with Crippen LogP contribution in [0.5, 0.6) is 0 Å². The predicted octanol–water partition coefficient (Wildman–Crippen LogP) is 1.57. The maximum atomic E-state index is 4.31. The van der Waals surface area contributed by atoms with Gasteiger partial charge in [0.2, 0.25) is 0 Å². The summed E-state index contributed by atoms with van der Waals surface area (Å²) in [5, 5.41) is 3.16. The van der Waals surface area contributed by atoms with Crippen LogP contribution >= 0.6 is 0 Å². The molecule has 3 nitrogen and oxygen atoms in total. The molecule has 1 aromatic rings. The molecular formula is C11H19N3. The zero-order valence-electron chi connectivity index (χ0n) is 9.46. The van der Waals surface area contributed by atoms with E-state index in [1.165, 1.54) is 11.3 Å². The van der Waals surface area contributed by atoms with Gasteiger partial charge in [-0.15, -0.1) is 0 Å². The molecule has 0 unspecified atom stereocenters. The quantitative estimate of drug-likeness (QED) is 0.786. The molecular weight excluding hydrogens is 174 g/mol. The van der Waals surface area contributed by atoms with Crippen LogP contribution in [0.1, 0.15) is 18.2 Å². The highest BCUT2D eigenvalue weighted by atomic mass is 15.1. The van der Waals surface area contributed by atoms with Crippen LogP contribution in [0.4, 0.5) is 5.69 Å². The molecule has 14 heavy (non-hydrogen) atoms. The summed E-state index contributed by atoms with van der Waals surface area (Å²) in [6, 6.07) is 2.14. The minimum Gasteiger partial charge on any atom is -0.375 e. The summed E-state index contributed by atoms with van der Waals surface area (Å²) in [5.41, 5.74) is 3.59. The summed E-state index contributed by atoms with van der Waals surface area (Å²) in [7, 11) is 4.06. The molecule has 3 heteroatoms. The lowest BCUT2D eigenvalue weighted by Crippen LogP contribution is -2.19. The highest BCUT2D eigenvalue weighted by Gasteiger charge is 2.06. The smallest absolute Gasteiger partial charge is 0.0442 e. The van der Waals surface area contributed by atoms with E-state index in [2.05, 4.69) is 35.2 Å². The first-order valence-corrected chi connectivity index (χ1v) is 5.00. The van der Waals surface area contributed by atoms with Crippen molar-refractivity contribution < 1.29 is 0 Å². The molecule has 0 aliphatic heterocycles. The molecule has 1 aromatic heterocycles. The molecule has 0 amide bonds. The van der Waals surface area contributed by atoms with E-state index in [9.17, 15) is 0 Å². The third kappa shape index (κ3) is 2.45. The van der Waals surface area contributed by atoms with Crippen molar-refractivity contribution >= 4 is 5.69 Å². The molecule has 0 aliphatic rings. The highest BCUT2D eigenvalue weighted by molar-refractivity contribution is 5.52. The van der Waals surface area contributed by atoms with Crippen molar-refractivity contribution in [3.8, 4) is 0 Å². The predicted molar refractivity (Wildman–Crippen MR) is 60.7 cm³/mol. The number of hydrogen-bond acceptors (Lipinski definition) is 3. The molecule has 0 fully saturated rings. The number of rotatable bonds is 4. The standard InChI is InChI=1S/C11H19N3/c1-5-14(4)11-6-9(2)13-8-10(11)7-12-3/h6,8,12H,5,7H2,1-4H3. The summed E-state index contributed by atoms with van der Waals surface area (Å²) in [4.78, 5) is 6.55. The maximum Gasteiger partial charge on any atom is 0.0442 e. The van der Waals surface area contributed by atoms with Crippen molar-refractivity contribution in [2.45, 2.75) is 20.4 Å². The summed E-state index contributed by atoms with van der Waals surface area (Å²) in [6.07, 6.45) is 1.95. The summed E-state index contributed by atoms with van der Waals surface area (Å²) in [5.74, 6) is 0. The molecule has 0 bridgehead atoms. The number of nitrogens with zero attached hydrogens (tertiary/aromatic N) is 2. The number of hydrogen-bond donors (Lipinski definition) is 1. The van der Waals surface area contributed by atoms with Gasteiger partial charge in [-0.3, -0.25) is 4.98 Å². The fourth-order valence-corrected chi connectivity index (χ4v) is 1.43. The lowest BCUT2D eigenvalue weighted by atomic mass is 10.2. The van der Waals surface area contributed by atoms with E-state index in [0.717, 1.165) is 18.8 Å². The Morgan fingerprint density at radius 2 is 2.21 bits per heavy atom. The third-order valence-corrected chi connectivity index (χ3v) is 2.35. The zero-order valence-corrected chi connectivity index (χ0v) is 9.46. The van der Waals surface area contributed by atoms with Gasteiger partial charge in [0.15, 0.2) is 0 Å². The van der Waals surface area contributed by atoms with Crippen LogP contribution in [0.15, 0.2) is 12.3 Å². The summed E-state index contributed by atoms with van der Waals surface area (Å²) >= 11 is 0. The second-order valence-corrected chi connectivity index (χ2v) is 3.50. The van der Waals surface area contributed by atoms with E-state index in [1.54, 1.807) is 0 Å². The Kier molecular flexibility index (Phi) is 3.89. The normalized spacial score (nSPS) is 10.3. The van der Waals surface area contributed by atoms with Crippen molar-refractivity contribution in [1.82, 2.24) is 10.3 Å². The van der Waals surface area contributed by atoms with Crippen LogP contribution in [-0.4, -0.2) is 25.6 Å². The van der Waals surface area contributed by atoms with E-state index in [0.29, 0.717) is 0 Å². The van der Waals surface area contributed by atoms with Gasteiger partial charge in [0.05, 0.1) is 0 Å². The Morgan fingerprint density at radius 1 is 1.50 bits per heavy atom. The molecule has 0 saturated carbocycles. The minimum atomic E-state index is 0.868. The average Bonchev–Trinajstić information content (AvgIpc) is 2.20. The van der Waals surface area contributed by atoms with Crippen LogP contribution in [0.2, 0.25) is 0 Å². The molecule has 0 radical (unpaired) electrons. The lowest BCUT2D eigenvalue weighted by Gasteiger charge is -2.20. The van der Waals surface area contributed by atoms with Crippen molar-refractivity contribution in [3.05, 3.63) is 23.5 Å². The topological polar surface area (TPSA) is 28.2 Å². The van der Waals surface area contributed by atoms with Crippen molar-refractivity contribution in [2.75, 3.05) is 25.5 Å². The first-order chi connectivity index (χ1) is 6.69. The number of aromatic nitrogens is 1. The molecule has 78 valence electrons. The second kappa shape index (κ2) is 4.96. The van der Waals surface area contributed by atoms with Crippen molar-refractivity contribution in [3.63, 3.8) is 0 Å². The molecule has 0 saturated heterocycles. The molecule has 1 heterocycles. The van der Waals surface area contributed by atoms with Crippen molar-refractivity contribution in [1.29, 1.82) is 0 Å². The van der Waals surface area contributed by atoms with Gasteiger partial charge in [-0.2, -0.15) is 0 Å². The maximum absolute atomic E-state index is 4.31. The van der Waals surface area contributed by atoms with Gasteiger partial charge in [0.1, 0.15) is 0 Å². The van der Waals surface area contributed by atoms with Crippen LogP contribution in [0.25, 0.3) is 0 Å². The zero-order chi connectivity index (χ0) is 10.6. The third-order valence-electron chi connectivity index (χ3n) is 2.35. The summed E-state index contributed by atoms with van der Waals surface area (Å²) in [6.45, 7) is 6.06. The number of aryl methyl sites for hydroxylation is 1. The Bertz CT molecular complexity index is 297. The average molecular weight is 193 g/mol. The SMILES string of the molecule is CCN(C)c1cc(C)ncc1CNC. The molecule has 0 spiro atoms. The lowest BCUT2D eigenvalue weighted by molar-refractivity contribution is 0.802. The van der Waals surface area contributed by atoms with Crippen LogP contribution in [-0.2, 0) is 6.54 Å². The summed E-state index contributed by atoms with van der Waals surface area (Å²) < 4.78 is 0. The van der Waals surface area contributed by atoms with Crippen LogP contribution < -0.4 is 10.2 Å². The number of anilines is 1. The largest absolute Gasteiger partial charge is 0.375 e. The van der Waals surface area contributed by atoms with E-state index < -0.39 is 0 Å². The van der Waals surface area contributed by atoms with Crippen LogP contribution in [0.3, 0.4) is 0 Å². The Morgan fingerprint density at radius 3 is 2.79 bits per heavy atom. The highest BCUT2D eigenvalue weighted by Crippen LogP contribution is 2.19. The minimum absolute atomic E-state index is 0.868. The van der Waals surface area contributed by atoms with Gasteiger partial charge in [-0.1, -0.05) is 0 Å². The van der Waals surface area contributed by atoms with Gasteiger partial charge in [0, 0.05) is 43.3 Å². The van der Waals surface area contributed by atoms with Crippen LogP contribution in [0, 0.1) is 6.92 Å². The van der Waals surface area contributed by atoms with E-state index >= 15 is 0 Å². The van der Waals surface area contributed by atoms with E-state index in [4.69, 9.17) is 0 Å². The molecule has 1 N–H and O–H groups in total. The second-order valence-electron chi connectivity index (χ2n) is 3.50. The fraction of sp³-hybridized carbons (Fsp3) is 0.545. The van der Waals surface area contributed by atoms with E-state index in [-0.39, 0.29) is 0 Å². The van der Waals surface area contributed by atoms with Gasteiger partial charge < -0.3 is 10.2 Å². The number of pyridine rings is 1. The molecule has 1 rings (SSSR count). The fourth-order valence-electron chi connectivity index (χ4n) is 1.43. The number of nitrogens with one attached hydrogen (secondary N) is 1. The van der Waals surface area contributed by atoms with E-state index in [1.807, 2.05) is 20.2 Å². The molecule has 0 aromatic carbocycles. The Hall–Kier alpha value is -1.09. The molecule has 0 aliphatic carbocycles. The Labute approximate surface area is 86.2 Å². The first-order valence-electron chi connectivity index (χ1n) is 5.00. The Balaban J connectivity index is 3.02. The van der Waals surface area contributed by atoms with Gasteiger partial charge >= 0.3 is 0 Å². The monoisotopic (exact) mass is 193 g/mol. The van der Waals surface area contributed by atoms with Gasteiger partial charge in [-0.25, -0.2) is 0 Å².